The lowest BCUT2D eigenvalue weighted by Crippen LogP contribution is -2.11. The van der Waals surface area contributed by atoms with Crippen molar-refractivity contribution in [3.63, 3.8) is 0 Å². The van der Waals surface area contributed by atoms with E-state index in [1.165, 1.54) is 0 Å². The largest absolute Gasteiger partial charge is 0.489 e. The summed E-state index contributed by atoms with van der Waals surface area (Å²) in [5.41, 5.74) is 2.40. The van der Waals surface area contributed by atoms with Gasteiger partial charge in [0.1, 0.15) is 12.4 Å². The van der Waals surface area contributed by atoms with E-state index in [0.717, 1.165) is 11.1 Å². The molecule has 0 amide bonds. The molecule has 1 aliphatic carbocycles. The zero-order valence-corrected chi connectivity index (χ0v) is 10.8. The summed E-state index contributed by atoms with van der Waals surface area (Å²) in [7, 11) is 0. The van der Waals surface area contributed by atoms with E-state index in [1.54, 1.807) is 12.1 Å². The summed E-state index contributed by atoms with van der Waals surface area (Å²) in [6.45, 7) is 0.435. The molecule has 0 fully saturated rings. The summed E-state index contributed by atoms with van der Waals surface area (Å²) in [5, 5.41) is 2.89. The van der Waals surface area contributed by atoms with Crippen LogP contribution in [0.15, 0.2) is 53.7 Å². The van der Waals surface area contributed by atoms with Gasteiger partial charge in [0, 0.05) is 17.5 Å². The minimum Gasteiger partial charge on any atom is -0.489 e. The van der Waals surface area contributed by atoms with E-state index in [-0.39, 0.29) is 5.78 Å². The number of hydrogen-bond acceptors (Lipinski definition) is 4. The Kier molecular flexibility index (Phi) is 3.29. The number of nitroso groups, excluding NO2 is 1. The molecule has 0 heterocycles. The Hall–Kier alpha value is -2.49. The minimum atomic E-state index is -0.800. The highest BCUT2D eigenvalue weighted by molar-refractivity contribution is 6.05. The molecule has 0 aliphatic heterocycles. The fourth-order valence-corrected chi connectivity index (χ4v) is 2.43. The summed E-state index contributed by atoms with van der Waals surface area (Å²) in [6.07, 6.45) is 0.336. The molecule has 100 valence electrons. The van der Waals surface area contributed by atoms with E-state index in [2.05, 4.69) is 5.18 Å². The first-order valence-electron chi connectivity index (χ1n) is 6.45. The predicted octanol–water partition coefficient (Wildman–Crippen LogP) is 3.14. The molecule has 0 radical (unpaired) electrons. The minimum absolute atomic E-state index is 0.208. The van der Waals surface area contributed by atoms with Crippen LogP contribution in [0.5, 0.6) is 5.75 Å². The quantitative estimate of drug-likeness (QED) is 0.800. The Balaban J connectivity index is 1.83. The summed E-state index contributed by atoms with van der Waals surface area (Å²) in [4.78, 5) is 22.6. The Bertz CT molecular complexity index is 652. The van der Waals surface area contributed by atoms with Gasteiger partial charge in [-0.3, -0.25) is 4.79 Å². The second-order valence-electron chi connectivity index (χ2n) is 4.75. The van der Waals surface area contributed by atoms with E-state index < -0.39 is 6.04 Å². The summed E-state index contributed by atoms with van der Waals surface area (Å²) in [5.74, 6) is 0.450. The number of nitrogens with zero attached hydrogens (tertiary/aromatic N) is 1. The van der Waals surface area contributed by atoms with Crippen molar-refractivity contribution in [3.8, 4) is 5.75 Å². The molecule has 0 spiro atoms. The van der Waals surface area contributed by atoms with Crippen molar-refractivity contribution in [3.05, 3.63) is 70.1 Å². The molecule has 0 bridgehead atoms. The molecule has 0 saturated carbocycles. The van der Waals surface area contributed by atoms with Gasteiger partial charge in [0.25, 0.3) is 0 Å². The van der Waals surface area contributed by atoms with E-state index in [9.17, 15) is 9.70 Å². The van der Waals surface area contributed by atoms with Crippen LogP contribution in [0.25, 0.3) is 0 Å². The molecule has 20 heavy (non-hydrogen) atoms. The van der Waals surface area contributed by atoms with Crippen LogP contribution in [0.1, 0.15) is 21.5 Å². The van der Waals surface area contributed by atoms with E-state index >= 15 is 0 Å². The van der Waals surface area contributed by atoms with Crippen molar-refractivity contribution in [2.24, 2.45) is 5.18 Å². The van der Waals surface area contributed by atoms with Gasteiger partial charge in [-0.05, 0) is 11.6 Å². The summed E-state index contributed by atoms with van der Waals surface area (Å²) in [6, 6.07) is 14.3. The van der Waals surface area contributed by atoms with Gasteiger partial charge in [-0.2, -0.15) is 4.91 Å². The van der Waals surface area contributed by atoms with Gasteiger partial charge in [-0.1, -0.05) is 47.6 Å². The number of carbonyl (C=O) groups excluding carboxylic acids is 1. The van der Waals surface area contributed by atoms with Gasteiger partial charge in [0.15, 0.2) is 11.8 Å². The normalized spacial score (nSPS) is 16.8. The third kappa shape index (κ3) is 2.20. The van der Waals surface area contributed by atoms with Crippen molar-refractivity contribution >= 4 is 5.78 Å². The van der Waals surface area contributed by atoms with Crippen LogP contribution in [0.3, 0.4) is 0 Å². The van der Waals surface area contributed by atoms with Gasteiger partial charge in [-0.15, -0.1) is 0 Å². The zero-order chi connectivity index (χ0) is 13.9. The molecule has 3 rings (SSSR count). The maximum atomic E-state index is 11.9. The molecule has 0 saturated heterocycles. The second kappa shape index (κ2) is 5.25. The zero-order valence-electron chi connectivity index (χ0n) is 10.8. The van der Waals surface area contributed by atoms with Crippen LogP contribution in [0, 0.1) is 4.91 Å². The third-order valence-corrected chi connectivity index (χ3v) is 3.46. The van der Waals surface area contributed by atoms with Crippen LogP contribution < -0.4 is 4.74 Å². The molecule has 0 aromatic heterocycles. The number of Topliss-reactive ketones (excluding diaryl/α,β-unsaturated/α-hetero) is 1. The predicted molar refractivity (Wildman–Crippen MR) is 74.8 cm³/mol. The van der Waals surface area contributed by atoms with E-state index in [0.29, 0.717) is 24.3 Å². The number of rotatable bonds is 4. The van der Waals surface area contributed by atoms with Crippen LogP contribution in [0.2, 0.25) is 0 Å². The molecule has 2 aromatic rings. The van der Waals surface area contributed by atoms with Crippen LogP contribution in [-0.2, 0) is 13.0 Å². The molecule has 1 aliphatic rings. The van der Waals surface area contributed by atoms with Crippen molar-refractivity contribution in [2.45, 2.75) is 19.1 Å². The number of carbonyl (C=O) groups is 1. The SMILES string of the molecule is O=NC1Cc2c(OCc3ccccc3)cccc2C1=O. The Morgan fingerprint density at radius 3 is 2.65 bits per heavy atom. The monoisotopic (exact) mass is 267 g/mol. The molecule has 1 unspecified atom stereocenters. The first kappa shape index (κ1) is 12.5. The second-order valence-corrected chi connectivity index (χ2v) is 4.75. The van der Waals surface area contributed by atoms with Crippen molar-refractivity contribution in [1.82, 2.24) is 0 Å². The fraction of sp³-hybridized carbons (Fsp3) is 0.188. The van der Waals surface area contributed by atoms with Gasteiger partial charge in [-0.25, -0.2) is 0 Å². The molecule has 1 atom stereocenters. The van der Waals surface area contributed by atoms with Crippen molar-refractivity contribution in [1.29, 1.82) is 0 Å². The third-order valence-electron chi connectivity index (χ3n) is 3.46. The highest BCUT2D eigenvalue weighted by atomic mass is 16.5. The Labute approximate surface area is 116 Å². The topological polar surface area (TPSA) is 55.7 Å². The lowest BCUT2D eigenvalue weighted by molar-refractivity contribution is 0.0975. The van der Waals surface area contributed by atoms with Crippen LogP contribution >= 0.6 is 0 Å². The van der Waals surface area contributed by atoms with Gasteiger partial charge in [0.05, 0.1) is 0 Å². The average molecular weight is 267 g/mol. The molecule has 4 heteroatoms. The van der Waals surface area contributed by atoms with Crippen molar-refractivity contribution in [2.75, 3.05) is 0 Å². The lowest BCUT2D eigenvalue weighted by Gasteiger charge is -2.10. The maximum Gasteiger partial charge on any atom is 0.191 e. The number of ether oxygens (including phenoxy) is 1. The van der Waals surface area contributed by atoms with Gasteiger partial charge < -0.3 is 4.74 Å². The maximum absolute atomic E-state index is 11.9. The number of ketones is 1. The average Bonchev–Trinajstić information content (AvgIpc) is 2.83. The number of hydrogen-bond donors (Lipinski definition) is 0. The van der Waals surface area contributed by atoms with Gasteiger partial charge in [0.2, 0.25) is 0 Å². The summed E-state index contributed by atoms with van der Waals surface area (Å²) >= 11 is 0. The molecule has 2 aromatic carbocycles. The van der Waals surface area contributed by atoms with Crippen LogP contribution in [-0.4, -0.2) is 11.8 Å². The standard InChI is InChI=1S/C16H13NO3/c18-16-12-7-4-8-15(13(12)9-14(16)17-19)20-10-11-5-2-1-3-6-11/h1-8,14H,9-10H2. The smallest absolute Gasteiger partial charge is 0.191 e. The Morgan fingerprint density at radius 1 is 1.10 bits per heavy atom. The first-order valence-corrected chi connectivity index (χ1v) is 6.45. The molecule has 0 N–H and O–H groups in total. The number of fused-ring (bicyclic) bond motifs is 1. The summed E-state index contributed by atoms with van der Waals surface area (Å²) < 4.78 is 5.78. The molecular formula is C16H13NO3. The fourth-order valence-electron chi connectivity index (χ4n) is 2.43. The first-order chi connectivity index (χ1) is 9.79. The highest BCUT2D eigenvalue weighted by Crippen LogP contribution is 2.32. The molecule has 4 nitrogen and oxygen atoms in total. The number of benzene rings is 2. The Morgan fingerprint density at radius 2 is 1.90 bits per heavy atom. The van der Waals surface area contributed by atoms with E-state index in [1.807, 2.05) is 36.4 Å². The van der Waals surface area contributed by atoms with E-state index in [4.69, 9.17) is 4.74 Å². The molecular weight excluding hydrogens is 254 g/mol. The van der Waals surface area contributed by atoms with Crippen LogP contribution in [0.4, 0.5) is 0 Å². The van der Waals surface area contributed by atoms with Gasteiger partial charge >= 0.3 is 0 Å². The lowest BCUT2D eigenvalue weighted by atomic mass is 10.1. The highest BCUT2D eigenvalue weighted by Gasteiger charge is 2.33. The van der Waals surface area contributed by atoms with Crippen molar-refractivity contribution < 1.29 is 9.53 Å².